The first-order valence-electron chi connectivity index (χ1n) is 9.47. The van der Waals surface area contributed by atoms with Crippen molar-refractivity contribution in [2.75, 3.05) is 6.54 Å². The van der Waals surface area contributed by atoms with Crippen LogP contribution in [0.25, 0.3) is 17.1 Å². The Morgan fingerprint density at radius 1 is 1.25 bits per heavy atom. The van der Waals surface area contributed by atoms with Gasteiger partial charge in [0.25, 0.3) is 5.56 Å². The molecule has 7 heteroatoms. The van der Waals surface area contributed by atoms with Gasteiger partial charge >= 0.3 is 0 Å². The van der Waals surface area contributed by atoms with E-state index >= 15 is 0 Å². The number of nitrogens with zero attached hydrogens (tertiary/aromatic N) is 4. The Bertz CT molecular complexity index is 1020. The van der Waals surface area contributed by atoms with Gasteiger partial charge in [0.1, 0.15) is 6.33 Å². The second-order valence-corrected chi connectivity index (χ2v) is 7.00. The lowest BCUT2D eigenvalue weighted by atomic mass is 10.0. The molecule has 146 valence electrons. The van der Waals surface area contributed by atoms with E-state index in [1.807, 2.05) is 29.0 Å². The number of carbonyl (C=O) groups is 1. The minimum absolute atomic E-state index is 0.183. The van der Waals surface area contributed by atoms with Gasteiger partial charge in [-0.3, -0.25) is 14.2 Å². The number of imidazole rings is 1. The first-order valence-corrected chi connectivity index (χ1v) is 9.47. The standard InChI is InChI=1S/C21H25N5O2/c1-16(2)17-5-6-19-18(13-17)21(28)26(15-24-19)11-7-20(27)23-8-3-4-10-25-12-9-22-14-25/h5-7,9,11-16H,3-4,8,10H2,1-2H3,(H,23,27). The highest BCUT2D eigenvalue weighted by atomic mass is 16.1. The summed E-state index contributed by atoms with van der Waals surface area (Å²) in [7, 11) is 0. The van der Waals surface area contributed by atoms with Gasteiger partial charge in [-0.1, -0.05) is 19.9 Å². The number of hydrogen-bond donors (Lipinski definition) is 1. The lowest BCUT2D eigenvalue weighted by molar-refractivity contribution is -0.116. The molecule has 1 amide bonds. The minimum atomic E-state index is -0.231. The topological polar surface area (TPSA) is 81.8 Å². The van der Waals surface area contributed by atoms with Gasteiger partial charge < -0.3 is 9.88 Å². The summed E-state index contributed by atoms with van der Waals surface area (Å²) in [5, 5.41) is 3.38. The number of rotatable bonds is 8. The molecule has 0 spiro atoms. The third-order valence-electron chi connectivity index (χ3n) is 4.56. The molecule has 1 N–H and O–H groups in total. The molecule has 3 rings (SSSR count). The molecular weight excluding hydrogens is 354 g/mol. The summed E-state index contributed by atoms with van der Waals surface area (Å²) in [5.41, 5.74) is 1.56. The molecule has 7 nitrogen and oxygen atoms in total. The summed E-state index contributed by atoms with van der Waals surface area (Å²) in [5.74, 6) is 0.0955. The highest BCUT2D eigenvalue weighted by molar-refractivity contribution is 5.90. The maximum atomic E-state index is 12.7. The van der Waals surface area contributed by atoms with Crippen LogP contribution in [0.4, 0.5) is 0 Å². The monoisotopic (exact) mass is 379 g/mol. The Labute approximate surface area is 163 Å². The first kappa shape index (κ1) is 19.5. The van der Waals surface area contributed by atoms with Gasteiger partial charge in [0.2, 0.25) is 5.91 Å². The van der Waals surface area contributed by atoms with E-state index < -0.39 is 0 Å². The molecule has 0 atom stereocenters. The third-order valence-corrected chi connectivity index (χ3v) is 4.56. The fourth-order valence-corrected chi connectivity index (χ4v) is 2.88. The predicted molar refractivity (Wildman–Crippen MR) is 110 cm³/mol. The van der Waals surface area contributed by atoms with Crippen LogP contribution in [0.3, 0.4) is 0 Å². The fourth-order valence-electron chi connectivity index (χ4n) is 2.88. The Morgan fingerprint density at radius 3 is 2.86 bits per heavy atom. The van der Waals surface area contributed by atoms with E-state index in [4.69, 9.17) is 0 Å². The van der Waals surface area contributed by atoms with Crippen LogP contribution in [0.15, 0.2) is 54.1 Å². The highest BCUT2D eigenvalue weighted by Crippen LogP contribution is 2.17. The summed E-state index contributed by atoms with van der Waals surface area (Å²) in [6.45, 7) is 5.62. The van der Waals surface area contributed by atoms with E-state index in [1.165, 1.54) is 23.2 Å². The molecule has 0 fully saturated rings. The van der Waals surface area contributed by atoms with Crippen molar-refractivity contribution in [1.29, 1.82) is 0 Å². The molecule has 28 heavy (non-hydrogen) atoms. The molecule has 0 unspecified atom stereocenters. The molecule has 1 aromatic carbocycles. The number of amides is 1. The predicted octanol–water partition coefficient (Wildman–Crippen LogP) is 2.78. The molecular formula is C21H25N5O2. The summed E-state index contributed by atoms with van der Waals surface area (Å²) in [6, 6.07) is 5.72. The molecule has 0 aliphatic heterocycles. The van der Waals surface area contributed by atoms with Crippen molar-refractivity contribution >= 4 is 23.0 Å². The van der Waals surface area contributed by atoms with Crippen molar-refractivity contribution in [3.63, 3.8) is 0 Å². The lowest BCUT2D eigenvalue weighted by Crippen LogP contribution is -2.23. The quantitative estimate of drug-likeness (QED) is 0.482. The van der Waals surface area contributed by atoms with Crippen LogP contribution >= 0.6 is 0 Å². The van der Waals surface area contributed by atoms with Gasteiger partial charge in [-0.05, 0) is 36.5 Å². The molecule has 2 aromatic heterocycles. The van der Waals surface area contributed by atoms with E-state index in [0.29, 0.717) is 23.4 Å². The highest BCUT2D eigenvalue weighted by Gasteiger charge is 2.06. The summed E-state index contributed by atoms with van der Waals surface area (Å²) in [4.78, 5) is 32.9. The molecule has 0 saturated heterocycles. The van der Waals surface area contributed by atoms with Crippen molar-refractivity contribution in [2.45, 2.75) is 39.2 Å². The zero-order chi connectivity index (χ0) is 19.9. The third kappa shape index (κ3) is 4.94. The van der Waals surface area contributed by atoms with Crippen molar-refractivity contribution < 1.29 is 4.79 Å². The molecule has 0 aliphatic rings. The number of fused-ring (bicyclic) bond motifs is 1. The van der Waals surface area contributed by atoms with E-state index in [1.54, 1.807) is 12.5 Å². The molecule has 0 aliphatic carbocycles. The molecule has 0 radical (unpaired) electrons. The van der Waals surface area contributed by atoms with E-state index in [-0.39, 0.29) is 11.5 Å². The molecule has 0 saturated carbocycles. The average Bonchev–Trinajstić information content (AvgIpc) is 3.20. The number of unbranched alkanes of at least 4 members (excludes halogenated alkanes) is 1. The fraction of sp³-hybridized carbons (Fsp3) is 0.333. The summed E-state index contributed by atoms with van der Waals surface area (Å²) >= 11 is 0. The van der Waals surface area contributed by atoms with Gasteiger partial charge in [0.15, 0.2) is 0 Å². The number of hydrogen-bond acceptors (Lipinski definition) is 4. The van der Waals surface area contributed by atoms with Crippen molar-refractivity contribution in [3.05, 3.63) is 65.2 Å². The van der Waals surface area contributed by atoms with Crippen LogP contribution in [-0.4, -0.2) is 31.6 Å². The smallest absolute Gasteiger partial charge is 0.265 e. The van der Waals surface area contributed by atoms with Gasteiger partial charge in [-0.25, -0.2) is 9.97 Å². The molecule has 0 bridgehead atoms. The van der Waals surface area contributed by atoms with Crippen LogP contribution in [0.1, 0.15) is 38.2 Å². The van der Waals surface area contributed by atoms with E-state index in [2.05, 4.69) is 29.1 Å². The lowest BCUT2D eigenvalue weighted by Gasteiger charge is -2.07. The summed E-state index contributed by atoms with van der Waals surface area (Å²) < 4.78 is 3.34. The molecule has 2 heterocycles. The largest absolute Gasteiger partial charge is 0.353 e. The maximum Gasteiger partial charge on any atom is 0.265 e. The van der Waals surface area contributed by atoms with Gasteiger partial charge in [-0.2, -0.15) is 0 Å². The van der Waals surface area contributed by atoms with Crippen molar-refractivity contribution in [3.8, 4) is 0 Å². The SMILES string of the molecule is CC(C)c1ccc2ncn(C=CC(=O)NCCCCn3ccnc3)c(=O)c2c1. The van der Waals surface area contributed by atoms with E-state index in [9.17, 15) is 9.59 Å². The van der Waals surface area contributed by atoms with Crippen LogP contribution < -0.4 is 10.9 Å². The van der Waals surface area contributed by atoms with Crippen LogP contribution in [-0.2, 0) is 11.3 Å². The normalized spacial score (nSPS) is 11.5. The van der Waals surface area contributed by atoms with Gasteiger partial charge in [0.05, 0.1) is 17.2 Å². The first-order chi connectivity index (χ1) is 13.5. The van der Waals surface area contributed by atoms with Crippen molar-refractivity contribution in [2.24, 2.45) is 0 Å². The zero-order valence-electron chi connectivity index (χ0n) is 16.2. The number of aryl methyl sites for hydroxylation is 1. The van der Waals surface area contributed by atoms with Crippen LogP contribution in [0, 0.1) is 0 Å². The Morgan fingerprint density at radius 2 is 2.11 bits per heavy atom. The minimum Gasteiger partial charge on any atom is -0.353 e. The maximum absolute atomic E-state index is 12.7. The number of benzene rings is 1. The number of nitrogens with one attached hydrogen (secondary N) is 1. The van der Waals surface area contributed by atoms with Gasteiger partial charge in [-0.15, -0.1) is 0 Å². The van der Waals surface area contributed by atoms with Crippen LogP contribution in [0.2, 0.25) is 0 Å². The average molecular weight is 379 g/mol. The Balaban J connectivity index is 1.56. The summed E-state index contributed by atoms with van der Waals surface area (Å²) in [6.07, 6.45) is 11.5. The second kappa shape index (κ2) is 9.12. The van der Waals surface area contributed by atoms with Crippen LogP contribution in [0.5, 0.6) is 0 Å². The zero-order valence-corrected chi connectivity index (χ0v) is 16.2. The molecule has 3 aromatic rings. The Hall–Kier alpha value is -3.22. The van der Waals surface area contributed by atoms with Crippen molar-refractivity contribution in [1.82, 2.24) is 24.4 Å². The van der Waals surface area contributed by atoms with Gasteiger partial charge in [0, 0.05) is 37.8 Å². The number of aromatic nitrogens is 4. The van der Waals surface area contributed by atoms with E-state index in [0.717, 1.165) is 24.9 Å². The Kier molecular flexibility index (Phi) is 6.37. The second-order valence-electron chi connectivity index (χ2n) is 7.00. The number of carbonyl (C=O) groups excluding carboxylic acids is 1.